The van der Waals surface area contributed by atoms with Gasteiger partial charge in [0, 0.05) is 30.3 Å². The van der Waals surface area contributed by atoms with Crippen LogP contribution in [0.1, 0.15) is 44.7 Å². The lowest BCUT2D eigenvalue weighted by molar-refractivity contribution is 0.0930. The van der Waals surface area contributed by atoms with Gasteiger partial charge in [0.2, 0.25) is 0 Å². The first-order valence-corrected chi connectivity index (χ1v) is 13.7. The van der Waals surface area contributed by atoms with E-state index in [1.807, 2.05) is 89.8 Å². The Hall–Kier alpha value is -4.20. The molecule has 6 rings (SSSR count). The lowest BCUT2D eigenvalue weighted by atomic mass is 10.0. The fourth-order valence-corrected chi connectivity index (χ4v) is 6.12. The Balaban J connectivity index is 1.45. The SMILES string of the molecule is COc1ccccc1-c1ccc(C(=O)N2c3ccccc3Cn3c(C=O)ccc3C2N2CC[C@@H](N(C)C)C2)cc1. The van der Waals surface area contributed by atoms with Crippen molar-refractivity contribution in [2.75, 3.05) is 39.2 Å². The first kappa shape index (κ1) is 26.0. The molecule has 1 unspecified atom stereocenters. The molecule has 2 aliphatic rings. The number of aldehydes is 1. The molecule has 0 aliphatic carbocycles. The molecular weight excluding hydrogens is 500 g/mol. The molecule has 1 saturated heterocycles. The van der Waals surface area contributed by atoms with Gasteiger partial charge in [0.05, 0.1) is 30.7 Å². The van der Waals surface area contributed by atoms with E-state index < -0.39 is 0 Å². The number of likely N-dealkylation sites (tertiary alicyclic amines) is 1. The van der Waals surface area contributed by atoms with Crippen molar-refractivity contribution in [3.05, 3.63) is 107 Å². The Morgan fingerprint density at radius 2 is 1.70 bits per heavy atom. The van der Waals surface area contributed by atoms with Gasteiger partial charge in [-0.1, -0.05) is 48.5 Å². The molecule has 1 aromatic heterocycles. The third-order valence-electron chi connectivity index (χ3n) is 8.30. The molecule has 0 N–H and O–H groups in total. The largest absolute Gasteiger partial charge is 0.496 e. The molecule has 3 aromatic carbocycles. The number of para-hydroxylation sites is 2. The van der Waals surface area contributed by atoms with Gasteiger partial charge in [-0.05, 0) is 68.0 Å². The van der Waals surface area contributed by atoms with Crippen LogP contribution in [0.4, 0.5) is 5.69 Å². The minimum atomic E-state index is -0.344. The Labute approximate surface area is 235 Å². The van der Waals surface area contributed by atoms with Crippen LogP contribution >= 0.6 is 0 Å². The molecule has 1 fully saturated rings. The second kappa shape index (κ2) is 10.8. The van der Waals surface area contributed by atoms with E-state index in [2.05, 4.69) is 28.5 Å². The second-order valence-corrected chi connectivity index (χ2v) is 10.7. The first-order chi connectivity index (χ1) is 19.5. The third-order valence-corrected chi connectivity index (χ3v) is 8.30. The number of carbonyl (C=O) groups excluding carboxylic acids is 2. The molecule has 2 atom stereocenters. The summed E-state index contributed by atoms with van der Waals surface area (Å²) in [6.07, 6.45) is 1.58. The van der Waals surface area contributed by atoms with Gasteiger partial charge in [-0.3, -0.25) is 19.4 Å². The monoisotopic (exact) mass is 534 g/mol. The number of methoxy groups -OCH3 is 1. The summed E-state index contributed by atoms with van der Waals surface area (Å²) in [5.41, 5.74) is 6.03. The highest BCUT2D eigenvalue weighted by Gasteiger charge is 2.41. The fraction of sp³-hybridized carbons (Fsp3) is 0.273. The number of carbonyl (C=O) groups is 2. The number of likely N-dealkylation sites (N-methyl/N-ethyl adjacent to an activating group) is 1. The van der Waals surface area contributed by atoms with Crippen molar-refractivity contribution in [2.45, 2.75) is 25.2 Å². The molecule has 40 heavy (non-hydrogen) atoms. The standard InChI is InChI=1S/C33H34N4O3/c1-34(2)26-18-19-35(21-26)32-30-17-16-27(22-38)36(30)20-25-8-4-6-10-29(25)37(32)33(39)24-14-12-23(13-15-24)28-9-5-7-11-31(28)40-3/h4-17,22,26,32H,18-21H2,1-3H3/t26-,32?/m1/s1. The van der Waals surface area contributed by atoms with Crippen molar-refractivity contribution < 1.29 is 14.3 Å². The summed E-state index contributed by atoms with van der Waals surface area (Å²) in [6, 6.07) is 28.0. The molecule has 2 aliphatic heterocycles. The van der Waals surface area contributed by atoms with E-state index >= 15 is 0 Å². The van der Waals surface area contributed by atoms with Gasteiger partial charge in [-0.2, -0.15) is 0 Å². The van der Waals surface area contributed by atoms with E-state index in [9.17, 15) is 9.59 Å². The number of rotatable bonds is 6. The Morgan fingerprint density at radius 3 is 2.42 bits per heavy atom. The van der Waals surface area contributed by atoms with E-state index in [0.717, 1.165) is 59.6 Å². The van der Waals surface area contributed by atoms with E-state index in [4.69, 9.17) is 4.74 Å². The number of amides is 1. The number of nitrogens with zero attached hydrogens (tertiary/aromatic N) is 4. The van der Waals surface area contributed by atoms with Crippen molar-refractivity contribution in [2.24, 2.45) is 0 Å². The maximum atomic E-state index is 14.5. The Morgan fingerprint density at radius 1 is 0.950 bits per heavy atom. The van der Waals surface area contributed by atoms with Crippen molar-refractivity contribution in [3.63, 3.8) is 0 Å². The number of aromatic nitrogens is 1. The summed E-state index contributed by atoms with van der Waals surface area (Å²) in [6.45, 7) is 2.22. The summed E-state index contributed by atoms with van der Waals surface area (Å²) >= 11 is 0. The molecular formula is C33H34N4O3. The van der Waals surface area contributed by atoms with Gasteiger partial charge >= 0.3 is 0 Å². The molecule has 7 nitrogen and oxygen atoms in total. The van der Waals surface area contributed by atoms with Crippen LogP contribution in [0.2, 0.25) is 0 Å². The van der Waals surface area contributed by atoms with Gasteiger partial charge in [-0.15, -0.1) is 0 Å². The maximum absolute atomic E-state index is 14.5. The molecule has 1 amide bonds. The molecule has 4 aromatic rings. The van der Waals surface area contributed by atoms with Crippen LogP contribution in [0.3, 0.4) is 0 Å². The van der Waals surface area contributed by atoms with Gasteiger partial charge in [-0.25, -0.2) is 0 Å². The summed E-state index contributed by atoms with van der Waals surface area (Å²) in [5.74, 6) is 0.721. The highest BCUT2D eigenvalue weighted by atomic mass is 16.5. The molecule has 0 bridgehead atoms. The highest BCUT2D eigenvalue weighted by molar-refractivity contribution is 6.07. The summed E-state index contributed by atoms with van der Waals surface area (Å²) in [7, 11) is 5.88. The predicted molar refractivity (Wildman–Crippen MR) is 157 cm³/mol. The Kier molecular flexibility index (Phi) is 7.00. The third kappa shape index (κ3) is 4.51. The van der Waals surface area contributed by atoms with E-state index in [1.165, 1.54) is 0 Å². The van der Waals surface area contributed by atoms with Crippen LogP contribution < -0.4 is 9.64 Å². The number of hydrogen-bond acceptors (Lipinski definition) is 5. The van der Waals surface area contributed by atoms with Crippen LogP contribution in [-0.2, 0) is 6.54 Å². The molecule has 3 heterocycles. The van der Waals surface area contributed by atoms with Crippen molar-refractivity contribution in [3.8, 4) is 16.9 Å². The average Bonchev–Trinajstić information content (AvgIpc) is 3.61. The summed E-state index contributed by atoms with van der Waals surface area (Å²) in [5, 5.41) is 0. The molecule has 0 saturated carbocycles. The van der Waals surface area contributed by atoms with Crippen molar-refractivity contribution in [1.29, 1.82) is 0 Å². The lowest BCUT2D eigenvalue weighted by Gasteiger charge is -2.37. The number of ether oxygens (including phenoxy) is 1. The normalized spacial score (nSPS) is 18.8. The van der Waals surface area contributed by atoms with Crippen LogP contribution in [0.15, 0.2) is 84.9 Å². The second-order valence-electron chi connectivity index (χ2n) is 10.7. The Bertz CT molecular complexity index is 1540. The van der Waals surface area contributed by atoms with Gasteiger partial charge in [0.25, 0.3) is 5.91 Å². The lowest BCUT2D eigenvalue weighted by Crippen LogP contribution is -2.45. The fourth-order valence-electron chi connectivity index (χ4n) is 6.12. The summed E-state index contributed by atoms with van der Waals surface area (Å²) < 4.78 is 7.62. The molecule has 204 valence electrons. The topological polar surface area (TPSA) is 58.0 Å². The average molecular weight is 535 g/mol. The number of hydrogen-bond donors (Lipinski definition) is 0. The zero-order chi connectivity index (χ0) is 27.8. The predicted octanol–water partition coefficient (Wildman–Crippen LogP) is 5.32. The van der Waals surface area contributed by atoms with Crippen molar-refractivity contribution in [1.82, 2.24) is 14.4 Å². The highest BCUT2D eigenvalue weighted by Crippen LogP contribution is 2.40. The van der Waals surface area contributed by atoms with E-state index in [-0.39, 0.29) is 12.1 Å². The number of anilines is 1. The van der Waals surface area contributed by atoms with Gasteiger partial charge < -0.3 is 14.2 Å². The van der Waals surface area contributed by atoms with Crippen LogP contribution in [0, 0.1) is 0 Å². The number of fused-ring (bicyclic) bond motifs is 2. The molecule has 0 spiro atoms. The van der Waals surface area contributed by atoms with Gasteiger partial charge in [0.15, 0.2) is 6.29 Å². The van der Waals surface area contributed by atoms with E-state index in [0.29, 0.717) is 23.8 Å². The molecule has 7 heteroatoms. The zero-order valence-corrected chi connectivity index (χ0v) is 23.2. The molecule has 0 radical (unpaired) electrons. The minimum Gasteiger partial charge on any atom is -0.496 e. The first-order valence-electron chi connectivity index (χ1n) is 13.7. The van der Waals surface area contributed by atoms with Gasteiger partial charge in [0.1, 0.15) is 11.9 Å². The smallest absolute Gasteiger partial charge is 0.259 e. The van der Waals surface area contributed by atoms with Crippen molar-refractivity contribution >= 4 is 17.9 Å². The van der Waals surface area contributed by atoms with E-state index in [1.54, 1.807) is 7.11 Å². The summed E-state index contributed by atoms with van der Waals surface area (Å²) in [4.78, 5) is 33.2. The quantitative estimate of drug-likeness (QED) is 0.314. The number of benzene rings is 3. The minimum absolute atomic E-state index is 0.0698. The van der Waals surface area contributed by atoms with Crippen LogP contribution in [-0.4, -0.2) is 66.9 Å². The zero-order valence-electron chi connectivity index (χ0n) is 23.2. The van der Waals surface area contributed by atoms with Crippen LogP contribution in [0.5, 0.6) is 5.75 Å². The van der Waals surface area contributed by atoms with Crippen LogP contribution in [0.25, 0.3) is 11.1 Å². The maximum Gasteiger partial charge on any atom is 0.259 e.